The molecule has 0 atom stereocenters. The second kappa shape index (κ2) is 18.1. The van der Waals surface area contributed by atoms with E-state index in [4.69, 9.17) is 16.3 Å². The summed E-state index contributed by atoms with van der Waals surface area (Å²) in [5.41, 5.74) is 5.29. The Labute approximate surface area is 390 Å². The van der Waals surface area contributed by atoms with Gasteiger partial charge < -0.3 is 24.5 Å². The zero-order valence-electron chi connectivity index (χ0n) is 37.5. The Morgan fingerprint density at radius 1 is 0.970 bits per heavy atom. The van der Waals surface area contributed by atoms with Gasteiger partial charge in [-0.2, -0.15) is 0 Å². The Morgan fingerprint density at radius 2 is 1.71 bits per heavy atom. The minimum absolute atomic E-state index is 0.0447. The summed E-state index contributed by atoms with van der Waals surface area (Å²) in [7, 11) is -6.72. The van der Waals surface area contributed by atoms with Gasteiger partial charge in [-0.05, 0) is 104 Å². The fourth-order valence-corrected chi connectivity index (χ4v) is 12.2. The number of carbonyl (C=O) groups excluding carboxylic acids is 1. The van der Waals surface area contributed by atoms with Crippen LogP contribution in [0.5, 0.6) is 11.5 Å². The summed E-state index contributed by atoms with van der Waals surface area (Å²) in [6, 6.07) is 20.4. The Bertz CT molecular complexity index is 2860. The summed E-state index contributed by atoms with van der Waals surface area (Å²) < 4.78 is 48.7. The molecular weight excluding hydrogens is 899 g/mol. The van der Waals surface area contributed by atoms with Gasteiger partial charge in [-0.25, -0.2) is 18.1 Å². The molecule has 1 saturated carbocycles. The van der Waals surface area contributed by atoms with E-state index in [2.05, 4.69) is 60.7 Å². The van der Waals surface area contributed by atoms with E-state index in [1.807, 2.05) is 24.9 Å². The molecule has 0 bridgehead atoms. The van der Waals surface area contributed by atoms with Crippen LogP contribution >= 0.6 is 18.7 Å². The van der Waals surface area contributed by atoms with Crippen molar-refractivity contribution in [3.8, 4) is 11.5 Å². The molecule has 3 fully saturated rings. The second-order valence-corrected chi connectivity index (χ2v) is 24.8. The number of H-pyrrole nitrogens is 1. The number of nitrogens with one attached hydrogen (secondary N) is 3. The highest BCUT2D eigenvalue weighted by molar-refractivity contribution is 7.90. The van der Waals surface area contributed by atoms with Gasteiger partial charge in [-0.3, -0.25) is 24.7 Å². The van der Waals surface area contributed by atoms with E-state index in [1.165, 1.54) is 35.0 Å². The van der Waals surface area contributed by atoms with Crippen LogP contribution in [0.15, 0.2) is 95.7 Å². The zero-order chi connectivity index (χ0) is 46.4. The fraction of sp³-hybridized carbons (Fsp3) is 0.417. The van der Waals surface area contributed by atoms with Crippen LogP contribution in [-0.2, 0) is 14.6 Å². The number of piperazine rings is 1. The van der Waals surface area contributed by atoms with Crippen molar-refractivity contribution < 1.29 is 27.4 Å². The van der Waals surface area contributed by atoms with E-state index in [9.17, 15) is 27.9 Å². The third-order valence-electron chi connectivity index (χ3n) is 13.8. The van der Waals surface area contributed by atoms with Gasteiger partial charge in [0, 0.05) is 105 Å². The minimum Gasteiger partial charge on any atom is -0.455 e. The van der Waals surface area contributed by atoms with Crippen LogP contribution in [0.25, 0.3) is 16.6 Å². The van der Waals surface area contributed by atoms with Crippen LogP contribution in [0.1, 0.15) is 61.9 Å². The van der Waals surface area contributed by atoms with Gasteiger partial charge in [0.2, 0.25) is 0 Å². The number of hydrogen-bond acceptors (Lipinski definition) is 12. The van der Waals surface area contributed by atoms with Crippen LogP contribution < -0.4 is 19.7 Å². The van der Waals surface area contributed by atoms with Gasteiger partial charge in [-0.1, -0.05) is 43.2 Å². The summed E-state index contributed by atoms with van der Waals surface area (Å²) in [4.78, 5) is 39.8. The molecule has 9 rings (SSSR count). The first-order valence-corrected chi connectivity index (χ1v) is 26.9. The van der Waals surface area contributed by atoms with Crippen LogP contribution in [0.2, 0.25) is 5.02 Å². The number of sulfonamides is 1. The Kier molecular flexibility index (Phi) is 12.6. The molecule has 0 unspecified atom stereocenters. The van der Waals surface area contributed by atoms with Gasteiger partial charge in [0.05, 0.1) is 28.7 Å². The smallest absolute Gasteiger partial charge is 0.293 e. The molecule has 5 aromatic rings. The van der Waals surface area contributed by atoms with Crippen LogP contribution in [0, 0.1) is 15.5 Å². The number of aromatic nitrogens is 2. The summed E-state index contributed by atoms with van der Waals surface area (Å²) in [6.07, 6.45) is 9.58. The quantitative estimate of drug-likeness (QED) is 0.0546. The minimum atomic E-state index is -4.59. The van der Waals surface area contributed by atoms with Crippen molar-refractivity contribution >= 4 is 68.3 Å². The molecule has 15 nitrogen and oxygen atoms in total. The number of carbonyl (C=O) groups is 1. The average molecular weight is 956 g/mol. The van der Waals surface area contributed by atoms with E-state index in [0.29, 0.717) is 43.4 Å². The monoisotopic (exact) mass is 954 g/mol. The summed E-state index contributed by atoms with van der Waals surface area (Å²) >= 11 is 6.25. The van der Waals surface area contributed by atoms with Gasteiger partial charge >= 0.3 is 0 Å². The molecule has 0 radical (unpaired) electrons. The highest BCUT2D eigenvalue weighted by atomic mass is 35.5. The number of rotatable bonds is 14. The van der Waals surface area contributed by atoms with Crippen molar-refractivity contribution in [2.24, 2.45) is 5.41 Å². The number of benzene rings is 3. The molecule has 18 heteroatoms. The van der Waals surface area contributed by atoms with E-state index in [0.717, 1.165) is 87.0 Å². The summed E-state index contributed by atoms with van der Waals surface area (Å²) in [5, 5.41) is 17.0. The molecule has 348 valence electrons. The molecule has 2 aromatic heterocycles. The second-order valence-electron chi connectivity index (χ2n) is 19.2. The van der Waals surface area contributed by atoms with Crippen molar-refractivity contribution in [3.63, 3.8) is 0 Å². The standard InChI is InChI=1S/C48H56ClN8O7PS/c1-47(2)14-12-35(41(29-47)33-4-6-36(49)7-5-33)31-54-18-20-55(21-19-54)37-8-10-40(44(27-37)64-38-26-34-13-17-50-45(34)51-30-38)46(58)53-66(62,63)39-9-11-42(43(28-39)57(59)60)52-32-48(15-16-48)56-22-24-65(3,61)25-23-56/h4-11,13,17,26-28,30,52H,12,14-16,18-25,29,31-32H2,1-3H3,(H,50,51)(H,53,58). The third-order valence-corrected chi connectivity index (χ3v) is 17.7. The third kappa shape index (κ3) is 10.2. The molecule has 2 saturated heterocycles. The number of aromatic amines is 1. The van der Waals surface area contributed by atoms with Crippen molar-refractivity contribution in [3.05, 3.63) is 117 Å². The first-order valence-electron chi connectivity index (χ1n) is 22.5. The number of nitro groups is 1. The molecule has 2 aliphatic heterocycles. The number of nitro benzene ring substituents is 1. The van der Waals surface area contributed by atoms with E-state index in [-0.39, 0.29) is 28.0 Å². The Hall–Kier alpha value is -5.25. The molecule has 4 aliphatic rings. The van der Waals surface area contributed by atoms with Crippen LogP contribution in [0.3, 0.4) is 0 Å². The molecule has 4 heterocycles. The Morgan fingerprint density at radius 3 is 2.42 bits per heavy atom. The number of fused-ring (bicyclic) bond motifs is 1. The number of allylic oxidation sites excluding steroid dienone is 1. The molecule has 3 aromatic carbocycles. The zero-order valence-corrected chi connectivity index (χ0v) is 40.0. The Balaban J connectivity index is 0.915. The van der Waals surface area contributed by atoms with Gasteiger partial charge in [0.25, 0.3) is 21.6 Å². The van der Waals surface area contributed by atoms with Crippen molar-refractivity contribution in [1.29, 1.82) is 0 Å². The number of halogens is 1. The van der Waals surface area contributed by atoms with E-state index < -0.39 is 38.6 Å². The lowest BCUT2D eigenvalue weighted by Crippen LogP contribution is -2.47. The highest BCUT2D eigenvalue weighted by Crippen LogP contribution is 2.49. The number of amides is 1. The number of anilines is 2. The molecule has 1 amide bonds. The average Bonchev–Trinajstić information content (AvgIpc) is 3.93. The lowest BCUT2D eigenvalue weighted by molar-refractivity contribution is -0.384. The van der Waals surface area contributed by atoms with Crippen molar-refractivity contribution in [1.82, 2.24) is 24.5 Å². The lowest BCUT2D eigenvalue weighted by atomic mass is 9.72. The van der Waals surface area contributed by atoms with E-state index >= 15 is 0 Å². The molecular formula is C48H56ClN8O7PS. The maximum Gasteiger partial charge on any atom is 0.293 e. The van der Waals surface area contributed by atoms with E-state index in [1.54, 1.807) is 30.5 Å². The first-order chi connectivity index (χ1) is 31.4. The predicted molar refractivity (Wildman–Crippen MR) is 260 cm³/mol. The topological polar surface area (TPSA) is 183 Å². The lowest BCUT2D eigenvalue weighted by Gasteiger charge is -2.39. The molecule has 66 heavy (non-hydrogen) atoms. The fourth-order valence-electron chi connectivity index (χ4n) is 9.57. The predicted octanol–water partition coefficient (Wildman–Crippen LogP) is 9.07. The number of ether oxygens (including phenoxy) is 1. The highest BCUT2D eigenvalue weighted by Gasteiger charge is 2.49. The van der Waals surface area contributed by atoms with Crippen LogP contribution in [-0.4, -0.2) is 116 Å². The number of pyridine rings is 1. The SMILES string of the molecule is CC1(C)CCC(CN2CCN(c3ccc(C(=O)NS(=O)(=O)c4ccc(NCC5(N6CCP(C)(=O)CC6)CC5)c([N+](=O)[O-])c4)c(Oc4cnc5[nH]ccc5c4)c3)CC2)=C(c2ccc(Cl)cc2)C1. The maximum absolute atomic E-state index is 14.0. The van der Waals surface area contributed by atoms with Gasteiger partial charge in [0.1, 0.15) is 22.8 Å². The largest absolute Gasteiger partial charge is 0.455 e. The molecule has 0 spiro atoms. The molecule has 3 N–H and O–H groups in total. The molecule has 2 aliphatic carbocycles. The van der Waals surface area contributed by atoms with Gasteiger partial charge in [0.15, 0.2) is 0 Å². The summed E-state index contributed by atoms with van der Waals surface area (Å²) in [5.74, 6) is -0.494. The van der Waals surface area contributed by atoms with Crippen molar-refractivity contribution in [2.75, 3.05) is 81.6 Å². The number of hydrogen-bond donors (Lipinski definition) is 3. The number of nitrogens with zero attached hydrogens (tertiary/aromatic N) is 5. The van der Waals surface area contributed by atoms with Gasteiger partial charge in [-0.15, -0.1) is 0 Å². The normalized spacial score (nSPS) is 19.7. The van der Waals surface area contributed by atoms with Crippen molar-refractivity contribution in [2.45, 2.75) is 56.4 Å². The van der Waals surface area contributed by atoms with Crippen LogP contribution in [0.4, 0.5) is 17.1 Å². The summed E-state index contributed by atoms with van der Waals surface area (Å²) in [6.45, 7) is 12.3. The first kappa shape index (κ1) is 45.9. The maximum atomic E-state index is 14.0.